The number of fused-ring (bicyclic) bond motifs is 1. The number of hydrogen-bond donors (Lipinski definition) is 2. The molecule has 0 aliphatic heterocycles. The molecule has 5 heteroatoms. The number of hydrogen-bond acceptors (Lipinski definition) is 4. The maximum atomic E-state index is 11.9. The fourth-order valence-electron chi connectivity index (χ4n) is 1.66. The quantitative estimate of drug-likeness (QED) is 0.784. The van der Waals surface area contributed by atoms with Crippen LogP contribution in [0.25, 0.3) is 10.2 Å². The Morgan fingerprint density at radius 1 is 1.33 bits per heavy atom. The first-order chi connectivity index (χ1) is 8.81. The molecule has 1 amide bonds. The van der Waals surface area contributed by atoms with Crippen molar-refractivity contribution in [3.05, 3.63) is 29.3 Å². The van der Waals surface area contributed by atoms with E-state index in [1.165, 1.54) is 0 Å². The van der Waals surface area contributed by atoms with Crippen LogP contribution in [-0.2, 0) is 0 Å². The van der Waals surface area contributed by atoms with Gasteiger partial charge in [0, 0.05) is 18.7 Å². The van der Waals surface area contributed by atoms with Crippen molar-refractivity contribution in [2.45, 2.75) is 13.3 Å². The highest BCUT2D eigenvalue weighted by Gasteiger charge is 2.06. The molecular formula is C13H17N3OS. The number of benzene rings is 1. The molecule has 2 aromatic rings. The Labute approximate surface area is 110 Å². The summed E-state index contributed by atoms with van der Waals surface area (Å²) in [5.74, 6) is -0.0244. The summed E-state index contributed by atoms with van der Waals surface area (Å²) < 4.78 is 1.05. The Morgan fingerprint density at radius 2 is 2.22 bits per heavy atom. The van der Waals surface area contributed by atoms with E-state index < -0.39 is 0 Å². The van der Waals surface area contributed by atoms with Crippen molar-refractivity contribution < 1.29 is 4.79 Å². The molecule has 0 saturated heterocycles. The maximum absolute atomic E-state index is 11.9. The van der Waals surface area contributed by atoms with E-state index in [1.807, 2.05) is 18.2 Å². The van der Waals surface area contributed by atoms with Gasteiger partial charge in [-0.15, -0.1) is 11.3 Å². The third-order valence-corrected chi connectivity index (χ3v) is 3.40. The minimum Gasteiger partial charge on any atom is -0.351 e. The molecule has 18 heavy (non-hydrogen) atoms. The molecule has 0 spiro atoms. The molecule has 0 unspecified atom stereocenters. The zero-order valence-corrected chi connectivity index (χ0v) is 11.2. The van der Waals surface area contributed by atoms with E-state index in [-0.39, 0.29) is 5.91 Å². The van der Waals surface area contributed by atoms with Gasteiger partial charge < -0.3 is 10.6 Å². The molecule has 0 atom stereocenters. The zero-order chi connectivity index (χ0) is 12.8. The van der Waals surface area contributed by atoms with Crippen molar-refractivity contribution in [1.82, 2.24) is 15.6 Å². The Hall–Kier alpha value is -1.46. The van der Waals surface area contributed by atoms with Crippen LogP contribution in [-0.4, -0.2) is 30.5 Å². The summed E-state index contributed by atoms with van der Waals surface area (Å²) in [4.78, 5) is 16.1. The maximum Gasteiger partial charge on any atom is 0.251 e. The standard InChI is InChI=1S/C13H17N3OS/c1-2-5-14-6-7-15-13(17)10-3-4-11-12(8-10)18-9-16-11/h3-4,8-9,14H,2,5-7H2,1H3,(H,15,17). The highest BCUT2D eigenvalue weighted by Crippen LogP contribution is 2.18. The monoisotopic (exact) mass is 263 g/mol. The van der Waals surface area contributed by atoms with Crippen LogP contribution >= 0.6 is 11.3 Å². The molecule has 4 nitrogen and oxygen atoms in total. The van der Waals surface area contributed by atoms with Gasteiger partial charge in [0.2, 0.25) is 0 Å². The SMILES string of the molecule is CCCNCCNC(=O)c1ccc2ncsc2c1. The lowest BCUT2D eigenvalue weighted by Crippen LogP contribution is -2.32. The third kappa shape index (κ3) is 3.27. The second-order valence-corrected chi connectivity index (χ2v) is 4.93. The van der Waals surface area contributed by atoms with Gasteiger partial charge in [-0.05, 0) is 31.2 Å². The molecule has 0 fully saturated rings. The van der Waals surface area contributed by atoms with Crippen molar-refractivity contribution in [3.8, 4) is 0 Å². The number of carbonyl (C=O) groups is 1. The zero-order valence-electron chi connectivity index (χ0n) is 10.4. The molecule has 2 N–H and O–H groups in total. The Balaban J connectivity index is 1.88. The van der Waals surface area contributed by atoms with Crippen molar-refractivity contribution in [3.63, 3.8) is 0 Å². The lowest BCUT2D eigenvalue weighted by atomic mass is 10.2. The normalized spacial score (nSPS) is 10.7. The van der Waals surface area contributed by atoms with Crippen LogP contribution in [0.1, 0.15) is 23.7 Å². The molecule has 1 heterocycles. The average molecular weight is 263 g/mol. The topological polar surface area (TPSA) is 54.0 Å². The minimum atomic E-state index is -0.0244. The lowest BCUT2D eigenvalue weighted by Gasteiger charge is -2.06. The van der Waals surface area contributed by atoms with Crippen LogP contribution in [0, 0.1) is 0 Å². The van der Waals surface area contributed by atoms with Gasteiger partial charge >= 0.3 is 0 Å². The molecular weight excluding hydrogens is 246 g/mol. The number of nitrogens with zero attached hydrogens (tertiary/aromatic N) is 1. The first-order valence-electron chi connectivity index (χ1n) is 6.13. The molecule has 0 saturated carbocycles. The first-order valence-corrected chi connectivity index (χ1v) is 7.01. The van der Waals surface area contributed by atoms with Gasteiger partial charge in [0.05, 0.1) is 15.7 Å². The van der Waals surface area contributed by atoms with Gasteiger partial charge in [-0.2, -0.15) is 0 Å². The molecule has 0 bridgehead atoms. The lowest BCUT2D eigenvalue weighted by molar-refractivity contribution is 0.0954. The summed E-state index contributed by atoms with van der Waals surface area (Å²) in [5, 5.41) is 6.14. The summed E-state index contributed by atoms with van der Waals surface area (Å²) in [7, 11) is 0. The fourth-order valence-corrected chi connectivity index (χ4v) is 2.38. The predicted octanol–water partition coefficient (Wildman–Crippen LogP) is 2.03. The molecule has 0 aliphatic carbocycles. The van der Waals surface area contributed by atoms with Gasteiger partial charge in [-0.3, -0.25) is 4.79 Å². The van der Waals surface area contributed by atoms with Crippen LogP contribution in [0.4, 0.5) is 0 Å². The summed E-state index contributed by atoms with van der Waals surface area (Å²) in [6.07, 6.45) is 1.11. The number of amides is 1. The largest absolute Gasteiger partial charge is 0.351 e. The average Bonchev–Trinajstić information content (AvgIpc) is 2.85. The van der Waals surface area contributed by atoms with Gasteiger partial charge in [0.1, 0.15) is 0 Å². The van der Waals surface area contributed by atoms with Crippen LogP contribution in [0.15, 0.2) is 23.7 Å². The molecule has 0 radical (unpaired) electrons. The van der Waals surface area contributed by atoms with Crippen molar-refractivity contribution in [2.75, 3.05) is 19.6 Å². The number of rotatable bonds is 6. The Bertz CT molecular complexity index is 524. The van der Waals surface area contributed by atoms with E-state index in [2.05, 4.69) is 22.5 Å². The number of aromatic nitrogens is 1. The molecule has 96 valence electrons. The van der Waals surface area contributed by atoms with Crippen molar-refractivity contribution >= 4 is 27.5 Å². The van der Waals surface area contributed by atoms with Gasteiger partial charge in [-0.1, -0.05) is 6.92 Å². The summed E-state index contributed by atoms with van der Waals surface area (Å²) >= 11 is 1.55. The van der Waals surface area contributed by atoms with Crippen LogP contribution < -0.4 is 10.6 Å². The molecule has 0 aliphatic rings. The summed E-state index contributed by atoms with van der Waals surface area (Å²) in [6.45, 7) is 4.57. The van der Waals surface area contributed by atoms with Crippen molar-refractivity contribution in [2.24, 2.45) is 0 Å². The van der Waals surface area contributed by atoms with E-state index in [9.17, 15) is 4.79 Å². The highest BCUT2D eigenvalue weighted by atomic mass is 32.1. The third-order valence-electron chi connectivity index (χ3n) is 2.61. The Morgan fingerprint density at radius 3 is 3.06 bits per heavy atom. The van der Waals surface area contributed by atoms with Gasteiger partial charge in [0.25, 0.3) is 5.91 Å². The van der Waals surface area contributed by atoms with E-state index in [4.69, 9.17) is 0 Å². The second-order valence-electron chi connectivity index (χ2n) is 4.04. The van der Waals surface area contributed by atoms with Crippen LogP contribution in [0.2, 0.25) is 0 Å². The van der Waals surface area contributed by atoms with Crippen LogP contribution in [0.3, 0.4) is 0 Å². The second kappa shape index (κ2) is 6.47. The smallest absolute Gasteiger partial charge is 0.251 e. The van der Waals surface area contributed by atoms with Crippen LogP contribution in [0.5, 0.6) is 0 Å². The first kappa shape index (κ1) is 13.0. The summed E-state index contributed by atoms with van der Waals surface area (Å²) in [5.41, 5.74) is 3.43. The van der Waals surface area contributed by atoms with Gasteiger partial charge in [0.15, 0.2) is 0 Å². The van der Waals surface area contributed by atoms with E-state index in [1.54, 1.807) is 16.8 Å². The Kier molecular flexibility index (Phi) is 4.66. The van der Waals surface area contributed by atoms with Gasteiger partial charge in [-0.25, -0.2) is 4.98 Å². The number of nitrogens with one attached hydrogen (secondary N) is 2. The molecule has 1 aromatic heterocycles. The molecule has 2 rings (SSSR count). The minimum absolute atomic E-state index is 0.0244. The highest BCUT2D eigenvalue weighted by molar-refractivity contribution is 7.16. The number of carbonyl (C=O) groups excluding carboxylic acids is 1. The summed E-state index contributed by atoms with van der Waals surface area (Å²) in [6, 6.07) is 5.59. The number of thiazole rings is 1. The van der Waals surface area contributed by atoms with E-state index >= 15 is 0 Å². The van der Waals surface area contributed by atoms with Crippen molar-refractivity contribution in [1.29, 1.82) is 0 Å². The fraction of sp³-hybridized carbons (Fsp3) is 0.385. The van der Waals surface area contributed by atoms with E-state index in [0.717, 1.165) is 29.7 Å². The van der Waals surface area contributed by atoms with E-state index in [0.29, 0.717) is 12.1 Å². The molecule has 1 aromatic carbocycles. The predicted molar refractivity (Wildman–Crippen MR) is 75.1 cm³/mol.